The van der Waals surface area contributed by atoms with Crippen molar-refractivity contribution >= 4 is 17.3 Å². The topological polar surface area (TPSA) is 56.5 Å². The van der Waals surface area contributed by atoms with Gasteiger partial charge in [0.05, 0.1) is 24.2 Å². The molecule has 4 nitrogen and oxygen atoms in total. The Morgan fingerprint density at radius 3 is 2.91 bits per heavy atom. The number of benzene rings is 1. The van der Waals surface area contributed by atoms with E-state index in [1.807, 2.05) is 17.0 Å². The van der Waals surface area contributed by atoms with Crippen LogP contribution in [0, 0.1) is 17.2 Å². The highest BCUT2D eigenvalue weighted by Gasteiger charge is 2.32. The fraction of sp³-hybridized carbons (Fsp3) is 0.500. The molecule has 0 N–H and O–H groups in total. The van der Waals surface area contributed by atoms with E-state index in [0.717, 1.165) is 36.3 Å². The maximum absolute atomic E-state index is 12.1. The van der Waals surface area contributed by atoms with Crippen LogP contribution in [0.2, 0.25) is 0 Å². The van der Waals surface area contributed by atoms with Crippen molar-refractivity contribution in [2.75, 3.05) is 13.1 Å². The molecule has 0 unspecified atom stereocenters. The van der Waals surface area contributed by atoms with Crippen LogP contribution in [0.15, 0.2) is 23.2 Å². The van der Waals surface area contributed by atoms with E-state index in [9.17, 15) is 10.1 Å². The molecule has 1 saturated carbocycles. The molecule has 1 aliphatic heterocycles. The molecule has 3 rings (SSSR count). The molecule has 0 aromatic heterocycles. The minimum absolute atomic E-state index is 0.178. The molecule has 2 aliphatic rings. The summed E-state index contributed by atoms with van der Waals surface area (Å²) in [6, 6.07) is 7.97. The predicted octanol–water partition coefficient (Wildman–Crippen LogP) is 3.23. The second-order valence-electron chi connectivity index (χ2n) is 6.25. The average molecular weight is 295 g/mol. The Hall–Kier alpha value is -2.15. The number of rotatable bonds is 5. The van der Waals surface area contributed by atoms with E-state index in [2.05, 4.69) is 13.0 Å². The first-order valence-electron chi connectivity index (χ1n) is 8.07. The number of para-hydroxylation sites is 1. The first kappa shape index (κ1) is 14.8. The van der Waals surface area contributed by atoms with Gasteiger partial charge in [-0.05, 0) is 36.8 Å². The largest absolute Gasteiger partial charge is 0.337 e. The smallest absolute Gasteiger partial charge is 0.228 e. The second-order valence-corrected chi connectivity index (χ2v) is 6.25. The van der Waals surface area contributed by atoms with Crippen LogP contribution in [0.1, 0.15) is 43.7 Å². The Morgan fingerprint density at radius 2 is 2.23 bits per heavy atom. The fourth-order valence-electron chi connectivity index (χ4n) is 2.95. The van der Waals surface area contributed by atoms with Crippen LogP contribution < -0.4 is 0 Å². The van der Waals surface area contributed by atoms with Gasteiger partial charge in [0.2, 0.25) is 5.91 Å². The van der Waals surface area contributed by atoms with Crippen LogP contribution in [0.4, 0.5) is 5.69 Å². The van der Waals surface area contributed by atoms with E-state index in [1.54, 1.807) is 6.07 Å². The maximum Gasteiger partial charge on any atom is 0.228 e. The highest BCUT2D eigenvalue weighted by molar-refractivity contribution is 6.09. The summed E-state index contributed by atoms with van der Waals surface area (Å²) in [5.41, 5.74) is 3.36. The zero-order valence-corrected chi connectivity index (χ0v) is 13.0. The summed E-state index contributed by atoms with van der Waals surface area (Å²) < 4.78 is 0. The minimum atomic E-state index is 0.178. The number of carbonyl (C=O) groups is 1. The monoisotopic (exact) mass is 295 g/mol. The van der Waals surface area contributed by atoms with Crippen molar-refractivity contribution in [3.05, 3.63) is 29.3 Å². The molecule has 0 bridgehead atoms. The molecule has 1 amide bonds. The number of nitriles is 1. The highest BCUT2D eigenvalue weighted by atomic mass is 16.2. The first-order chi connectivity index (χ1) is 10.7. The molecule has 4 heteroatoms. The number of aryl methyl sites for hydroxylation is 1. The molecule has 1 saturated heterocycles. The molecule has 1 aromatic carbocycles. The maximum atomic E-state index is 12.1. The highest BCUT2D eigenvalue weighted by Crippen LogP contribution is 2.31. The molecule has 1 aromatic rings. The summed E-state index contributed by atoms with van der Waals surface area (Å²) in [6.07, 6.45) is 4.81. The van der Waals surface area contributed by atoms with Gasteiger partial charge in [-0.3, -0.25) is 9.79 Å². The second kappa shape index (κ2) is 6.31. The summed E-state index contributed by atoms with van der Waals surface area (Å²) in [5, 5.41) is 9.32. The van der Waals surface area contributed by atoms with E-state index in [4.69, 9.17) is 4.99 Å². The zero-order valence-electron chi connectivity index (χ0n) is 13.0. The molecule has 22 heavy (non-hydrogen) atoms. The summed E-state index contributed by atoms with van der Waals surface area (Å²) in [4.78, 5) is 18.7. The molecule has 0 spiro atoms. The molecule has 0 radical (unpaired) electrons. The molecular formula is C18H21N3O. The van der Waals surface area contributed by atoms with Gasteiger partial charge in [0.1, 0.15) is 6.07 Å². The Bertz CT molecular complexity index is 653. The lowest BCUT2D eigenvalue weighted by Crippen LogP contribution is -2.27. The average Bonchev–Trinajstić information content (AvgIpc) is 3.25. The van der Waals surface area contributed by atoms with Crippen molar-refractivity contribution < 1.29 is 4.79 Å². The fourth-order valence-corrected chi connectivity index (χ4v) is 2.95. The quantitative estimate of drug-likeness (QED) is 0.837. The van der Waals surface area contributed by atoms with Crippen LogP contribution in [0.25, 0.3) is 0 Å². The number of aliphatic imine (C=N–C) groups is 1. The van der Waals surface area contributed by atoms with Crippen molar-refractivity contribution in [1.82, 2.24) is 4.90 Å². The molecule has 1 aliphatic carbocycles. The lowest BCUT2D eigenvalue weighted by atomic mass is 10.0. The van der Waals surface area contributed by atoms with Gasteiger partial charge in [-0.2, -0.15) is 5.26 Å². The molecule has 0 atom stereocenters. The van der Waals surface area contributed by atoms with Crippen molar-refractivity contribution in [3.8, 4) is 6.07 Å². The third-order valence-corrected chi connectivity index (χ3v) is 4.29. The van der Waals surface area contributed by atoms with Crippen LogP contribution in [-0.4, -0.2) is 29.6 Å². The lowest BCUT2D eigenvalue weighted by Gasteiger charge is -2.13. The summed E-state index contributed by atoms with van der Waals surface area (Å²) >= 11 is 0. The Balaban J connectivity index is 1.85. The molecular weight excluding hydrogens is 274 g/mol. The van der Waals surface area contributed by atoms with Crippen LogP contribution in [0.3, 0.4) is 0 Å². The number of hydrogen-bond donors (Lipinski definition) is 0. The van der Waals surface area contributed by atoms with Crippen LogP contribution in [-0.2, 0) is 11.2 Å². The minimum Gasteiger partial charge on any atom is -0.337 e. The van der Waals surface area contributed by atoms with Crippen molar-refractivity contribution in [1.29, 1.82) is 5.26 Å². The number of hydrogen-bond acceptors (Lipinski definition) is 3. The van der Waals surface area contributed by atoms with Crippen molar-refractivity contribution in [2.24, 2.45) is 10.9 Å². The molecule has 2 fully saturated rings. The number of likely N-dealkylation sites (tertiary alicyclic amines) is 1. The summed E-state index contributed by atoms with van der Waals surface area (Å²) in [5.74, 6) is 0.877. The number of nitrogens with zero attached hydrogens (tertiary/aromatic N) is 3. The summed E-state index contributed by atoms with van der Waals surface area (Å²) in [7, 11) is 0. The van der Waals surface area contributed by atoms with Crippen molar-refractivity contribution in [2.45, 2.75) is 39.0 Å². The van der Waals surface area contributed by atoms with Gasteiger partial charge in [-0.1, -0.05) is 25.5 Å². The van der Waals surface area contributed by atoms with Crippen LogP contribution >= 0.6 is 0 Å². The van der Waals surface area contributed by atoms with Gasteiger partial charge in [0, 0.05) is 12.3 Å². The Labute approximate surface area is 131 Å². The predicted molar refractivity (Wildman–Crippen MR) is 86.2 cm³/mol. The normalized spacial score (nSPS) is 19.7. The molecule has 114 valence electrons. The zero-order chi connectivity index (χ0) is 15.5. The van der Waals surface area contributed by atoms with E-state index < -0.39 is 0 Å². The van der Waals surface area contributed by atoms with Gasteiger partial charge in [-0.25, -0.2) is 0 Å². The van der Waals surface area contributed by atoms with Gasteiger partial charge in [0.15, 0.2) is 0 Å². The van der Waals surface area contributed by atoms with Crippen LogP contribution in [0.5, 0.6) is 0 Å². The van der Waals surface area contributed by atoms with E-state index in [0.29, 0.717) is 24.4 Å². The SMILES string of the molecule is CCCc1cccc(C#N)c1N=C1CC(=O)N(CC2CC2)C1. The first-order valence-corrected chi connectivity index (χ1v) is 8.07. The third kappa shape index (κ3) is 3.19. The van der Waals surface area contributed by atoms with Gasteiger partial charge < -0.3 is 4.90 Å². The van der Waals surface area contributed by atoms with Gasteiger partial charge in [-0.15, -0.1) is 0 Å². The lowest BCUT2D eigenvalue weighted by molar-refractivity contribution is -0.127. The Kier molecular flexibility index (Phi) is 4.24. The van der Waals surface area contributed by atoms with E-state index >= 15 is 0 Å². The van der Waals surface area contributed by atoms with Gasteiger partial charge in [0.25, 0.3) is 0 Å². The Morgan fingerprint density at radius 1 is 1.41 bits per heavy atom. The number of amides is 1. The number of carbonyl (C=O) groups excluding carboxylic acids is 1. The molecule has 1 heterocycles. The van der Waals surface area contributed by atoms with Gasteiger partial charge >= 0.3 is 0 Å². The standard InChI is InChI=1S/C18H21N3O/c1-2-4-14-5-3-6-15(10-19)18(14)20-16-9-17(22)21(12-16)11-13-7-8-13/h3,5-6,13H,2,4,7-9,11-12H2,1H3. The summed E-state index contributed by atoms with van der Waals surface area (Å²) in [6.45, 7) is 3.62. The van der Waals surface area contributed by atoms with E-state index in [-0.39, 0.29) is 5.91 Å². The third-order valence-electron chi connectivity index (χ3n) is 4.29. The van der Waals surface area contributed by atoms with E-state index in [1.165, 1.54) is 12.8 Å². The van der Waals surface area contributed by atoms with Crippen molar-refractivity contribution in [3.63, 3.8) is 0 Å².